The van der Waals surface area contributed by atoms with Gasteiger partial charge in [-0.25, -0.2) is 9.80 Å². The number of ether oxygens (including phenoxy) is 1. The summed E-state index contributed by atoms with van der Waals surface area (Å²) in [6.45, 7) is 1.42. The molecule has 0 aliphatic heterocycles. The highest BCUT2D eigenvalue weighted by Gasteiger charge is 2.21. The van der Waals surface area contributed by atoms with E-state index in [2.05, 4.69) is 10.2 Å². The molecule has 0 heterocycles. The monoisotopic (exact) mass is 290 g/mol. The van der Waals surface area contributed by atoms with Crippen molar-refractivity contribution in [1.82, 2.24) is 10.4 Å². The maximum Gasteiger partial charge on any atom is 0.429 e. The van der Waals surface area contributed by atoms with Crippen molar-refractivity contribution in [3.05, 3.63) is 0 Å². The molecule has 0 spiro atoms. The van der Waals surface area contributed by atoms with Gasteiger partial charge in [-0.2, -0.15) is 0 Å². The Balaban J connectivity index is 4.37. The van der Waals surface area contributed by atoms with Crippen LogP contribution in [0, 0.1) is 0 Å². The first-order chi connectivity index (χ1) is 9.40. The predicted molar refractivity (Wildman–Crippen MR) is 70.4 cm³/mol. The zero-order chi connectivity index (χ0) is 15.5. The second kappa shape index (κ2) is 9.98. The first-order valence-electron chi connectivity index (χ1n) is 6.31. The third-order valence-electron chi connectivity index (χ3n) is 2.27. The van der Waals surface area contributed by atoms with Crippen molar-refractivity contribution >= 4 is 18.0 Å². The smallest absolute Gasteiger partial charge is 0.429 e. The summed E-state index contributed by atoms with van der Waals surface area (Å²) >= 11 is 0. The molecular weight excluding hydrogens is 268 g/mol. The van der Waals surface area contributed by atoms with Gasteiger partial charge in [0, 0.05) is 12.5 Å². The summed E-state index contributed by atoms with van der Waals surface area (Å²) < 4.78 is 4.64. The van der Waals surface area contributed by atoms with E-state index in [0.717, 1.165) is 0 Å². The van der Waals surface area contributed by atoms with E-state index in [-0.39, 0.29) is 13.0 Å². The fourth-order valence-electron chi connectivity index (χ4n) is 1.40. The van der Waals surface area contributed by atoms with Gasteiger partial charge >= 0.3 is 12.1 Å². The van der Waals surface area contributed by atoms with E-state index in [0.29, 0.717) is 24.4 Å². The van der Waals surface area contributed by atoms with E-state index in [4.69, 9.17) is 16.6 Å². The summed E-state index contributed by atoms with van der Waals surface area (Å²) in [7, 11) is 0. The second-order valence-electron chi connectivity index (χ2n) is 4.11. The highest BCUT2D eigenvalue weighted by Crippen LogP contribution is 1.99. The molecule has 9 heteroatoms. The molecule has 6 N–H and O–H groups in total. The van der Waals surface area contributed by atoms with Crippen molar-refractivity contribution < 1.29 is 24.2 Å². The van der Waals surface area contributed by atoms with Gasteiger partial charge in [0.2, 0.25) is 5.91 Å². The molecule has 0 unspecified atom stereocenters. The molecule has 0 saturated heterocycles. The number of amides is 2. The molecule has 0 aliphatic rings. The maximum absolute atomic E-state index is 11.7. The second-order valence-corrected chi connectivity index (χ2v) is 4.11. The number of carboxylic acids is 1. The van der Waals surface area contributed by atoms with Crippen molar-refractivity contribution in [2.24, 2.45) is 11.5 Å². The first kappa shape index (κ1) is 18.1. The molecular formula is C11H22N4O5. The van der Waals surface area contributed by atoms with Crippen LogP contribution in [0.3, 0.4) is 0 Å². The van der Waals surface area contributed by atoms with Crippen molar-refractivity contribution in [1.29, 1.82) is 0 Å². The van der Waals surface area contributed by atoms with Gasteiger partial charge < -0.3 is 21.3 Å². The topological polar surface area (TPSA) is 148 Å². The average Bonchev–Trinajstić information content (AvgIpc) is 2.35. The lowest BCUT2D eigenvalue weighted by molar-refractivity contribution is -0.139. The molecule has 0 fully saturated rings. The highest BCUT2D eigenvalue weighted by atomic mass is 16.6. The number of aliphatic carboxylic acids is 1. The Labute approximate surface area is 117 Å². The van der Waals surface area contributed by atoms with Crippen molar-refractivity contribution in [2.75, 3.05) is 19.7 Å². The Morgan fingerprint density at radius 2 is 2.05 bits per heavy atom. The van der Waals surface area contributed by atoms with E-state index in [9.17, 15) is 14.4 Å². The van der Waals surface area contributed by atoms with E-state index >= 15 is 0 Å². The van der Waals surface area contributed by atoms with Crippen molar-refractivity contribution in [3.8, 4) is 0 Å². The number of carbonyl (C=O) groups is 3. The minimum Gasteiger partial charge on any atom is -0.480 e. The summed E-state index contributed by atoms with van der Waals surface area (Å²) in [5, 5.41) is 9.27. The maximum atomic E-state index is 11.7. The van der Waals surface area contributed by atoms with E-state index in [1.54, 1.807) is 6.92 Å². The molecule has 0 aromatic carbocycles. The van der Waals surface area contributed by atoms with Crippen LogP contribution in [0.5, 0.6) is 0 Å². The Hall–Kier alpha value is -1.87. The van der Waals surface area contributed by atoms with Crippen LogP contribution in [-0.4, -0.2) is 53.8 Å². The number of carbonyl (C=O) groups excluding carboxylic acids is 2. The standard InChI is InChI=1S/C11H22N4O5/c1-2-20-11(19)15(7-10(17)18)14-9(16)6-8(13)4-3-5-12/h8H,2-7,12-13H2,1H3,(H,14,16)(H,17,18)/t8-/m0/s1. The summed E-state index contributed by atoms with van der Waals surface area (Å²) in [5.74, 6) is -1.82. The van der Waals surface area contributed by atoms with Gasteiger partial charge in [-0.15, -0.1) is 0 Å². The summed E-state index contributed by atoms with van der Waals surface area (Å²) in [4.78, 5) is 33.7. The van der Waals surface area contributed by atoms with E-state index in [1.165, 1.54) is 0 Å². The molecule has 0 aliphatic carbocycles. The lowest BCUT2D eigenvalue weighted by atomic mass is 10.1. The molecule has 2 amide bonds. The molecule has 9 nitrogen and oxygen atoms in total. The molecule has 20 heavy (non-hydrogen) atoms. The zero-order valence-corrected chi connectivity index (χ0v) is 11.5. The van der Waals surface area contributed by atoms with Gasteiger partial charge in [0.1, 0.15) is 6.54 Å². The Morgan fingerprint density at radius 3 is 2.55 bits per heavy atom. The fraction of sp³-hybridized carbons (Fsp3) is 0.727. The van der Waals surface area contributed by atoms with Crippen LogP contribution in [0.1, 0.15) is 26.2 Å². The number of nitrogens with zero attached hydrogens (tertiary/aromatic N) is 1. The molecule has 0 aromatic rings. The van der Waals surface area contributed by atoms with Crippen LogP contribution in [-0.2, 0) is 14.3 Å². The van der Waals surface area contributed by atoms with Gasteiger partial charge in [-0.1, -0.05) is 0 Å². The van der Waals surface area contributed by atoms with Crippen LogP contribution in [0.25, 0.3) is 0 Å². The summed E-state index contributed by atoms with van der Waals surface area (Å²) in [6, 6.07) is -0.396. The van der Waals surface area contributed by atoms with E-state index < -0.39 is 30.6 Å². The van der Waals surface area contributed by atoms with Crippen molar-refractivity contribution in [2.45, 2.75) is 32.2 Å². The Kier molecular flexibility index (Phi) is 9.05. The SMILES string of the molecule is CCOC(=O)N(CC(=O)O)NC(=O)C[C@@H](N)CCCN. The molecule has 0 aromatic heterocycles. The largest absolute Gasteiger partial charge is 0.480 e. The van der Waals surface area contributed by atoms with Gasteiger partial charge in [0.05, 0.1) is 6.61 Å². The minimum atomic E-state index is -1.27. The van der Waals surface area contributed by atoms with Gasteiger partial charge in [0.25, 0.3) is 0 Å². The Morgan fingerprint density at radius 1 is 1.40 bits per heavy atom. The average molecular weight is 290 g/mol. The zero-order valence-electron chi connectivity index (χ0n) is 11.5. The fourth-order valence-corrected chi connectivity index (χ4v) is 1.40. The van der Waals surface area contributed by atoms with Crippen LogP contribution >= 0.6 is 0 Å². The molecule has 0 radical (unpaired) electrons. The quantitative estimate of drug-likeness (QED) is 0.420. The number of nitrogens with one attached hydrogen (secondary N) is 1. The number of nitrogens with two attached hydrogens (primary N) is 2. The number of hydrogen-bond donors (Lipinski definition) is 4. The first-order valence-corrected chi connectivity index (χ1v) is 6.31. The normalized spacial score (nSPS) is 11.6. The van der Waals surface area contributed by atoms with Crippen LogP contribution in [0.4, 0.5) is 4.79 Å². The van der Waals surface area contributed by atoms with Crippen LogP contribution < -0.4 is 16.9 Å². The number of carboxylic acid groups (broad SMARTS) is 1. The molecule has 0 rings (SSSR count). The number of hydrogen-bond acceptors (Lipinski definition) is 6. The third kappa shape index (κ3) is 8.27. The van der Waals surface area contributed by atoms with Gasteiger partial charge in [-0.3, -0.25) is 15.0 Å². The number of hydrazine groups is 1. The van der Waals surface area contributed by atoms with Crippen LogP contribution in [0.15, 0.2) is 0 Å². The molecule has 116 valence electrons. The molecule has 0 saturated carbocycles. The lowest BCUT2D eigenvalue weighted by Crippen LogP contribution is -2.50. The highest BCUT2D eigenvalue weighted by molar-refractivity contribution is 5.82. The summed E-state index contributed by atoms with van der Waals surface area (Å²) in [5.41, 5.74) is 13.2. The van der Waals surface area contributed by atoms with Crippen LogP contribution in [0.2, 0.25) is 0 Å². The van der Waals surface area contributed by atoms with E-state index in [1.807, 2.05) is 0 Å². The van der Waals surface area contributed by atoms with Crippen molar-refractivity contribution in [3.63, 3.8) is 0 Å². The third-order valence-corrected chi connectivity index (χ3v) is 2.27. The summed E-state index contributed by atoms with van der Waals surface area (Å²) in [6.07, 6.45) is 0.293. The van der Waals surface area contributed by atoms with Gasteiger partial charge in [-0.05, 0) is 26.3 Å². The molecule has 0 bridgehead atoms. The Bertz CT molecular complexity index is 337. The molecule has 1 atom stereocenters. The lowest BCUT2D eigenvalue weighted by Gasteiger charge is -2.21. The number of rotatable bonds is 8. The predicted octanol–water partition coefficient (Wildman–Crippen LogP) is -0.983. The van der Waals surface area contributed by atoms with Gasteiger partial charge in [0.15, 0.2) is 0 Å². The minimum absolute atomic E-state index is 0.0322.